The van der Waals surface area contributed by atoms with Gasteiger partial charge in [0.05, 0.1) is 0 Å². The molecule has 2 rings (SSSR count). The van der Waals surface area contributed by atoms with Crippen LogP contribution in [0, 0.1) is 12.7 Å². The fraction of sp³-hybridized carbons (Fsp3) is 0.625. The van der Waals surface area contributed by atoms with Crippen molar-refractivity contribution in [1.29, 1.82) is 0 Å². The van der Waals surface area contributed by atoms with E-state index in [0.717, 1.165) is 18.5 Å². The quantitative estimate of drug-likeness (QED) is 0.852. The first kappa shape index (κ1) is 13.5. The first-order valence-corrected chi connectivity index (χ1v) is 7.05. The third kappa shape index (κ3) is 2.74. The molecule has 18 heavy (non-hydrogen) atoms. The Morgan fingerprint density at radius 1 is 1.44 bits per heavy atom. The summed E-state index contributed by atoms with van der Waals surface area (Å²) in [7, 11) is 0. The summed E-state index contributed by atoms with van der Waals surface area (Å²) in [6.45, 7) is 7.46. The highest BCUT2D eigenvalue weighted by atomic mass is 19.1. The topological polar surface area (TPSA) is 12.0 Å². The minimum Gasteiger partial charge on any atom is -0.314 e. The molecule has 100 valence electrons. The Morgan fingerprint density at radius 2 is 2.22 bits per heavy atom. The number of halogens is 1. The SMILES string of the molecule is CCCNC1CCC(C)(c2ccc(F)c(C)c2)C1. The fourth-order valence-electron chi connectivity index (χ4n) is 3.05. The fourth-order valence-corrected chi connectivity index (χ4v) is 3.05. The van der Waals surface area contributed by atoms with Gasteiger partial charge in [-0.1, -0.05) is 26.0 Å². The summed E-state index contributed by atoms with van der Waals surface area (Å²) in [6, 6.07) is 6.23. The largest absolute Gasteiger partial charge is 0.314 e. The molecule has 0 bridgehead atoms. The van der Waals surface area contributed by atoms with Gasteiger partial charge in [0.2, 0.25) is 0 Å². The van der Waals surface area contributed by atoms with Gasteiger partial charge >= 0.3 is 0 Å². The van der Waals surface area contributed by atoms with Crippen LogP contribution in [0.25, 0.3) is 0 Å². The van der Waals surface area contributed by atoms with Gasteiger partial charge in [0.25, 0.3) is 0 Å². The van der Waals surface area contributed by atoms with Crippen molar-refractivity contribution in [2.24, 2.45) is 0 Å². The van der Waals surface area contributed by atoms with E-state index in [2.05, 4.69) is 19.2 Å². The van der Waals surface area contributed by atoms with Crippen LogP contribution in [0.3, 0.4) is 0 Å². The van der Waals surface area contributed by atoms with Gasteiger partial charge in [0.1, 0.15) is 5.82 Å². The average molecular weight is 249 g/mol. The summed E-state index contributed by atoms with van der Waals surface area (Å²) in [5, 5.41) is 3.61. The molecule has 0 aromatic heterocycles. The zero-order valence-electron chi connectivity index (χ0n) is 11.7. The van der Waals surface area contributed by atoms with Crippen molar-refractivity contribution in [3.8, 4) is 0 Å². The lowest BCUT2D eigenvalue weighted by Gasteiger charge is -2.25. The van der Waals surface area contributed by atoms with Gasteiger partial charge in [-0.15, -0.1) is 0 Å². The number of nitrogens with one attached hydrogen (secondary N) is 1. The van der Waals surface area contributed by atoms with Crippen LogP contribution in [0.1, 0.15) is 50.7 Å². The lowest BCUT2D eigenvalue weighted by molar-refractivity contribution is 0.451. The Labute approximate surface area is 110 Å². The first-order valence-electron chi connectivity index (χ1n) is 7.05. The van der Waals surface area contributed by atoms with Gasteiger partial charge in [0, 0.05) is 6.04 Å². The van der Waals surface area contributed by atoms with Crippen molar-refractivity contribution in [1.82, 2.24) is 5.32 Å². The molecule has 0 radical (unpaired) electrons. The molecule has 1 aromatic rings. The van der Waals surface area contributed by atoms with Gasteiger partial charge in [-0.05, 0) is 61.8 Å². The molecule has 1 nitrogen and oxygen atoms in total. The van der Waals surface area contributed by atoms with Crippen molar-refractivity contribution in [2.75, 3.05) is 6.54 Å². The van der Waals surface area contributed by atoms with E-state index in [9.17, 15) is 4.39 Å². The molecule has 0 heterocycles. The summed E-state index contributed by atoms with van der Waals surface area (Å²) < 4.78 is 13.3. The third-order valence-electron chi connectivity index (χ3n) is 4.28. The number of aryl methyl sites for hydroxylation is 1. The van der Waals surface area contributed by atoms with Crippen LogP contribution in [0.2, 0.25) is 0 Å². The van der Waals surface area contributed by atoms with E-state index in [4.69, 9.17) is 0 Å². The second kappa shape index (κ2) is 5.40. The molecule has 0 spiro atoms. The highest BCUT2D eigenvalue weighted by molar-refractivity contribution is 5.31. The molecule has 1 N–H and O–H groups in total. The van der Waals surface area contributed by atoms with Gasteiger partial charge in [0.15, 0.2) is 0 Å². The normalized spacial score (nSPS) is 27.7. The smallest absolute Gasteiger partial charge is 0.126 e. The maximum atomic E-state index is 13.3. The van der Waals surface area contributed by atoms with Gasteiger partial charge in [-0.25, -0.2) is 4.39 Å². The van der Waals surface area contributed by atoms with Crippen LogP contribution in [0.5, 0.6) is 0 Å². The second-order valence-electron chi connectivity index (χ2n) is 5.92. The van der Waals surface area contributed by atoms with Crippen molar-refractivity contribution >= 4 is 0 Å². The van der Waals surface area contributed by atoms with E-state index < -0.39 is 0 Å². The molecule has 1 aliphatic rings. The Bertz CT molecular complexity index is 416. The summed E-state index contributed by atoms with van der Waals surface area (Å²) >= 11 is 0. The van der Waals surface area contributed by atoms with Crippen molar-refractivity contribution < 1.29 is 4.39 Å². The van der Waals surface area contributed by atoms with Crippen LogP contribution in [0.4, 0.5) is 4.39 Å². The predicted octanol–water partition coefficient (Wildman–Crippen LogP) is 3.94. The highest BCUT2D eigenvalue weighted by Gasteiger charge is 2.36. The lowest BCUT2D eigenvalue weighted by atomic mass is 9.80. The van der Waals surface area contributed by atoms with Crippen LogP contribution in [-0.2, 0) is 5.41 Å². The Morgan fingerprint density at radius 3 is 2.89 bits per heavy atom. The van der Waals surface area contributed by atoms with E-state index in [0.29, 0.717) is 6.04 Å². The van der Waals surface area contributed by atoms with Crippen LogP contribution >= 0.6 is 0 Å². The number of rotatable bonds is 4. The molecule has 2 heteroatoms. The highest BCUT2D eigenvalue weighted by Crippen LogP contribution is 2.41. The van der Waals surface area contributed by atoms with E-state index in [1.54, 1.807) is 6.07 Å². The number of hydrogen-bond acceptors (Lipinski definition) is 1. The third-order valence-corrected chi connectivity index (χ3v) is 4.28. The Kier molecular flexibility index (Phi) is 4.06. The van der Waals surface area contributed by atoms with E-state index in [-0.39, 0.29) is 11.2 Å². The number of hydrogen-bond donors (Lipinski definition) is 1. The first-order chi connectivity index (χ1) is 8.55. The van der Waals surface area contributed by atoms with Crippen molar-refractivity contribution in [2.45, 2.75) is 57.9 Å². The Balaban J connectivity index is 2.10. The maximum absolute atomic E-state index is 13.3. The monoisotopic (exact) mass is 249 g/mol. The average Bonchev–Trinajstić information content (AvgIpc) is 2.73. The van der Waals surface area contributed by atoms with Crippen molar-refractivity contribution in [3.63, 3.8) is 0 Å². The zero-order chi connectivity index (χ0) is 13.2. The summed E-state index contributed by atoms with van der Waals surface area (Å²) in [4.78, 5) is 0. The molecule has 1 aliphatic carbocycles. The number of benzene rings is 1. The second-order valence-corrected chi connectivity index (χ2v) is 5.92. The summed E-state index contributed by atoms with van der Waals surface area (Å²) in [5.41, 5.74) is 2.27. The molecule has 0 amide bonds. The van der Waals surface area contributed by atoms with Crippen LogP contribution in [-0.4, -0.2) is 12.6 Å². The zero-order valence-corrected chi connectivity index (χ0v) is 11.7. The van der Waals surface area contributed by atoms with E-state index >= 15 is 0 Å². The molecule has 1 aromatic carbocycles. The predicted molar refractivity (Wildman–Crippen MR) is 74.4 cm³/mol. The van der Waals surface area contributed by atoms with E-state index in [1.165, 1.54) is 24.8 Å². The van der Waals surface area contributed by atoms with Gasteiger partial charge < -0.3 is 5.32 Å². The minimum atomic E-state index is -0.0963. The van der Waals surface area contributed by atoms with Crippen molar-refractivity contribution in [3.05, 3.63) is 35.1 Å². The summed E-state index contributed by atoms with van der Waals surface area (Å²) in [5.74, 6) is -0.0963. The van der Waals surface area contributed by atoms with Gasteiger partial charge in [-0.2, -0.15) is 0 Å². The molecular weight excluding hydrogens is 225 g/mol. The lowest BCUT2D eigenvalue weighted by Crippen LogP contribution is -2.29. The molecule has 2 unspecified atom stereocenters. The van der Waals surface area contributed by atoms with Crippen LogP contribution < -0.4 is 5.32 Å². The summed E-state index contributed by atoms with van der Waals surface area (Å²) in [6.07, 6.45) is 4.77. The standard InChI is InChI=1S/C16H24FN/c1-4-9-18-14-7-8-16(3,11-14)13-5-6-15(17)12(2)10-13/h5-6,10,14,18H,4,7-9,11H2,1-3H3. The van der Waals surface area contributed by atoms with E-state index in [1.807, 2.05) is 19.1 Å². The molecule has 1 saturated carbocycles. The minimum absolute atomic E-state index is 0.0963. The molecular formula is C16H24FN. The molecule has 2 atom stereocenters. The Hall–Kier alpha value is -0.890. The molecule has 0 saturated heterocycles. The van der Waals surface area contributed by atoms with Gasteiger partial charge in [-0.3, -0.25) is 0 Å². The maximum Gasteiger partial charge on any atom is 0.126 e. The van der Waals surface area contributed by atoms with Crippen LogP contribution in [0.15, 0.2) is 18.2 Å². The molecule has 0 aliphatic heterocycles. The molecule has 1 fully saturated rings.